The molecule has 31 heavy (non-hydrogen) atoms. The van der Waals surface area contributed by atoms with Crippen LogP contribution < -0.4 is 0 Å². The van der Waals surface area contributed by atoms with Gasteiger partial charge in [-0.3, -0.25) is 19.3 Å². The van der Waals surface area contributed by atoms with Gasteiger partial charge in [0.05, 0.1) is 11.1 Å². The number of carbonyl (C=O) groups excluding carboxylic acids is 3. The second-order valence-electron chi connectivity index (χ2n) is 8.96. The molecule has 3 amide bonds. The number of benzene rings is 2. The van der Waals surface area contributed by atoms with E-state index in [-0.39, 0.29) is 23.1 Å². The zero-order valence-corrected chi connectivity index (χ0v) is 19.7. The molecule has 1 aliphatic heterocycles. The first-order valence-corrected chi connectivity index (χ1v) is 11.8. The van der Waals surface area contributed by atoms with Crippen molar-refractivity contribution in [2.24, 2.45) is 0 Å². The van der Waals surface area contributed by atoms with Crippen LogP contribution in [0.1, 0.15) is 59.0 Å². The Kier molecular flexibility index (Phi) is 6.90. The van der Waals surface area contributed by atoms with Gasteiger partial charge in [0, 0.05) is 13.6 Å². The summed E-state index contributed by atoms with van der Waals surface area (Å²) in [5, 5.41) is 0. The Morgan fingerprint density at radius 3 is 2.03 bits per heavy atom. The molecule has 0 saturated carbocycles. The molecular formula is C25H30N2O3S. The van der Waals surface area contributed by atoms with Crippen LogP contribution in [0.4, 0.5) is 0 Å². The summed E-state index contributed by atoms with van der Waals surface area (Å²) in [6.07, 6.45) is 2.38. The molecule has 0 fully saturated rings. The van der Waals surface area contributed by atoms with Gasteiger partial charge in [0.1, 0.15) is 6.04 Å². The summed E-state index contributed by atoms with van der Waals surface area (Å²) in [5.74, 6) is -0.313. The number of fused-ring (bicyclic) bond motifs is 1. The van der Waals surface area contributed by atoms with Crippen molar-refractivity contribution in [1.82, 2.24) is 9.80 Å². The minimum absolute atomic E-state index is 0.0641. The second-order valence-corrected chi connectivity index (χ2v) is 9.95. The van der Waals surface area contributed by atoms with Gasteiger partial charge in [-0.1, -0.05) is 57.2 Å². The first-order valence-electron chi connectivity index (χ1n) is 10.5. The molecule has 2 aromatic carbocycles. The van der Waals surface area contributed by atoms with Gasteiger partial charge in [-0.2, -0.15) is 11.8 Å². The van der Waals surface area contributed by atoms with Crippen LogP contribution in [0.25, 0.3) is 0 Å². The topological polar surface area (TPSA) is 57.7 Å². The van der Waals surface area contributed by atoms with Crippen molar-refractivity contribution in [2.75, 3.05) is 19.1 Å². The van der Waals surface area contributed by atoms with E-state index in [9.17, 15) is 14.4 Å². The fourth-order valence-corrected chi connectivity index (χ4v) is 4.26. The summed E-state index contributed by atoms with van der Waals surface area (Å²) in [6, 6.07) is 14.2. The Morgan fingerprint density at radius 1 is 1.00 bits per heavy atom. The zero-order chi connectivity index (χ0) is 22.8. The summed E-state index contributed by atoms with van der Waals surface area (Å²) in [7, 11) is 1.73. The molecule has 6 heteroatoms. The number of thioether (sulfide) groups is 1. The third-order valence-corrected chi connectivity index (χ3v) is 6.28. The van der Waals surface area contributed by atoms with Crippen molar-refractivity contribution >= 4 is 29.5 Å². The van der Waals surface area contributed by atoms with Crippen molar-refractivity contribution in [2.45, 2.75) is 45.2 Å². The minimum atomic E-state index is -0.807. The lowest BCUT2D eigenvalue weighted by molar-refractivity contribution is -0.134. The molecule has 3 rings (SSSR count). The van der Waals surface area contributed by atoms with Gasteiger partial charge in [0.15, 0.2) is 0 Å². The first kappa shape index (κ1) is 23.1. The maximum Gasteiger partial charge on any atom is 0.262 e. The van der Waals surface area contributed by atoms with Gasteiger partial charge in [-0.05, 0) is 47.1 Å². The Morgan fingerprint density at radius 2 is 1.55 bits per heavy atom. The van der Waals surface area contributed by atoms with E-state index in [2.05, 4.69) is 32.9 Å². The van der Waals surface area contributed by atoms with Crippen LogP contribution in [0, 0.1) is 0 Å². The molecule has 0 bridgehead atoms. The number of rotatable bonds is 7. The van der Waals surface area contributed by atoms with E-state index in [1.165, 1.54) is 5.56 Å². The average molecular weight is 439 g/mol. The number of likely N-dealkylation sites (N-methyl/N-ethyl adjacent to an activating group) is 1. The molecule has 1 unspecified atom stereocenters. The molecule has 0 radical (unpaired) electrons. The van der Waals surface area contributed by atoms with Crippen LogP contribution in [-0.2, 0) is 16.8 Å². The number of hydrogen-bond donors (Lipinski definition) is 0. The van der Waals surface area contributed by atoms with Crippen molar-refractivity contribution in [3.63, 3.8) is 0 Å². The highest BCUT2D eigenvalue weighted by molar-refractivity contribution is 7.98. The van der Waals surface area contributed by atoms with E-state index < -0.39 is 6.04 Å². The lowest BCUT2D eigenvalue weighted by Gasteiger charge is -2.29. The number of hydrogen-bond acceptors (Lipinski definition) is 4. The van der Waals surface area contributed by atoms with Crippen molar-refractivity contribution in [1.29, 1.82) is 0 Å². The summed E-state index contributed by atoms with van der Waals surface area (Å²) in [6.45, 7) is 6.91. The highest BCUT2D eigenvalue weighted by Gasteiger charge is 2.43. The van der Waals surface area contributed by atoms with E-state index in [1.807, 2.05) is 18.4 Å². The molecule has 0 aliphatic carbocycles. The molecule has 0 N–H and O–H groups in total. The number of nitrogens with zero attached hydrogens (tertiary/aromatic N) is 2. The largest absolute Gasteiger partial charge is 0.340 e. The molecular weight excluding hydrogens is 408 g/mol. The monoisotopic (exact) mass is 438 g/mol. The maximum atomic E-state index is 13.4. The van der Waals surface area contributed by atoms with Crippen molar-refractivity contribution in [3.8, 4) is 0 Å². The number of amides is 3. The van der Waals surface area contributed by atoms with Gasteiger partial charge in [-0.25, -0.2) is 0 Å². The zero-order valence-electron chi connectivity index (χ0n) is 18.8. The Bertz CT molecular complexity index is 944. The van der Waals surface area contributed by atoms with Crippen LogP contribution >= 0.6 is 11.8 Å². The maximum absolute atomic E-state index is 13.4. The molecule has 0 spiro atoms. The fraction of sp³-hybridized carbons (Fsp3) is 0.400. The smallest absolute Gasteiger partial charge is 0.262 e. The van der Waals surface area contributed by atoms with Crippen LogP contribution in [0.2, 0.25) is 0 Å². The molecule has 1 atom stereocenters. The predicted molar refractivity (Wildman–Crippen MR) is 125 cm³/mol. The predicted octanol–water partition coefficient (Wildman–Crippen LogP) is 4.36. The highest BCUT2D eigenvalue weighted by Crippen LogP contribution is 2.27. The van der Waals surface area contributed by atoms with E-state index in [0.717, 1.165) is 10.5 Å². The van der Waals surface area contributed by atoms with Crippen molar-refractivity contribution < 1.29 is 14.4 Å². The third kappa shape index (κ3) is 4.85. The summed E-state index contributed by atoms with van der Waals surface area (Å²) < 4.78 is 0. The second kappa shape index (κ2) is 9.27. The summed E-state index contributed by atoms with van der Waals surface area (Å²) in [5.41, 5.74) is 3.04. The SMILES string of the molecule is CSCCC(C(=O)N(C)Cc1ccc(C(C)(C)C)cc1)N1C(=O)c2ccccc2C1=O. The van der Waals surface area contributed by atoms with Crippen LogP contribution in [0.5, 0.6) is 0 Å². The van der Waals surface area contributed by atoms with Gasteiger partial charge in [-0.15, -0.1) is 0 Å². The molecule has 0 saturated heterocycles. The normalized spacial score (nSPS) is 14.5. The van der Waals surface area contributed by atoms with Gasteiger partial charge < -0.3 is 4.90 Å². The van der Waals surface area contributed by atoms with Gasteiger partial charge >= 0.3 is 0 Å². The fourth-order valence-electron chi connectivity index (χ4n) is 3.80. The van der Waals surface area contributed by atoms with E-state index in [0.29, 0.717) is 29.8 Å². The third-order valence-electron chi connectivity index (χ3n) is 5.63. The molecule has 1 aliphatic rings. The quantitative estimate of drug-likeness (QED) is 0.603. The van der Waals surface area contributed by atoms with Gasteiger partial charge in [0.25, 0.3) is 11.8 Å². The molecule has 0 aromatic heterocycles. The Balaban J connectivity index is 1.80. The lowest BCUT2D eigenvalue weighted by atomic mass is 9.87. The Labute approximate surface area is 188 Å². The Hall–Kier alpha value is -2.60. The lowest BCUT2D eigenvalue weighted by Crippen LogP contribution is -2.50. The van der Waals surface area contributed by atoms with Crippen LogP contribution in [0.3, 0.4) is 0 Å². The van der Waals surface area contributed by atoms with E-state index in [4.69, 9.17) is 0 Å². The van der Waals surface area contributed by atoms with E-state index >= 15 is 0 Å². The molecule has 5 nitrogen and oxygen atoms in total. The molecule has 164 valence electrons. The van der Waals surface area contributed by atoms with Crippen LogP contribution in [-0.4, -0.2) is 52.6 Å². The standard InChI is InChI=1S/C25H30N2O3S/c1-25(2,3)18-12-10-17(11-13-18)16-26(4)24(30)21(14-15-31-5)27-22(28)19-8-6-7-9-20(19)23(27)29/h6-13,21H,14-16H2,1-5H3. The van der Waals surface area contributed by atoms with Crippen LogP contribution in [0.15, 0.2) is 48.5 Å². The summed E-state index contributed by atoms with van der Waals surface area (Å²) >= 11 is 1.59. The summed E-state index contributed by atoms with van der Waals surface area (Å²) in [4.78, 5) is 42.1. The van der Waals surface area contributed by atoms with Crippen molar-refractivity contribution in [3.05, 3.63) is 70.8 Å². The first-order chi connectivity index (χ1) is 14.6. The minimum Gasteiger partial charge on any atom is -0.340 e. The molecule has 2 aromatic rings. The number of imide groups is 1. The molecule has 1 heterocycles. The van der Waals surface area contributed by atoms with E-state index in [1.54, 1.807) is 48.0 Å². The van der Waals surface area contributed by atoms with Gasteiger partial charge in [0.2, 0.25) is 5.91 Å². The average Bonchev–Trinajstić information content (AvgIpc) is 2.99. The number of carbonyl (C=O) groups is 3. The highest BCUT2D eigenvalue weighted by atomic mass is 32.2.